The molecule has 1 atom stereocenters. The summed E-state index contributed by atoms with van der Waals surface area (Å²) >= 11 is 1.18. The van der Waals surface area contributed by atoms with Crippen LogP contribution in [0.5, 0.6) is 0 Å². The maximum Gasteiger partial charge on any atom is 0.341 e. The Kier molecular flexibility index (Phi) is 6.81. The number of esters is 2. The number of anilines is 1. The Balaban J connectivity index is 2.02. The van der Waals surface area contributed by atoms with Crippen molar-refractivity contribution in [2.45, 2.75) is 39.0 Å². The Morgan fingerprint density at radius 3 is 2.53 bits per heavy atom. The first-order chi connectivity index (χ1) is 14.4. The lowest BCUT2D eigenvalue weighted by Crippen LogP contribution is -2.23. The molecular formula is C21H21F2NO5S. The Bertz CT molecular complexity index is 988. The summed E-state index contributed by atoms with van der Waals surface area (Å²) in [6.45, 7) is 3.68. The number of hydrogen-bond acceptors (Lipinski definition) is 6. The lowest BCUT2D eigenvalue weighted by molar-refractivity contribution is -0.145. The second-order valence-corrected chi connectivity index (χ2v) is 7.75. The average Bonchev–Trinajstić information content (AvgIpc) is 3.08. The summed E-state index contributed by atoms with van der Waals surface area (Å²) in [5, 5.41) is 2.81. The van der Waals surface area contributed by atoms with Gasteiger partial charge in [-0.2, -0.15) is 0 Å². The van der Waals surface area contributed by atoms with Crippen molar-refractivity contribution in [2.24, 2.45) is 0 Å². The minimum absolute atomic E-state index is 0.1000. The highest BCUT2D eigenvalue weighted by Gasteiger charge is 2.37. The number of nitrogens with one attached hydrogen (secondary N) is 1. The summed E-state index contributed by atoms with van der Waals surface area (Å²) in [5.41, 5.74) is 0.534. The summed E-state index contributed by atoms with van der Waals surface area (Å²) in [4.78, 5) is 38.6. The topological polar surface area (TPSA) is 81.7 Å². The molecule has 1 aromatic heterocycles. The van der Waals surface area contributed by atoms with Gasteiger partial charge in [0.1, 0.15) is 5.00 Å². The van der Waals surface area contributed by atoms with Gasteiger partial charge in [0.2, 0.25) is 0 Å². The molecule has 0 spiro atoms. The molecule has 1 unspecified atom stereocenters. The fraction of sp³-hybridized carbons (Fsp3) is 0.381. The number of fused-ring (bicyclic) bond motifs is 1. The summed E-state index contributed by atoms with van der Waals surface area (Å²) in [5.74, 6) is -4.64. The van der Waals surface area contributed by atoms with Gasteiger partial charge in [-0.15, -0.1) is 11.3 Å². The predicted molar refractivity (Wildman–Crippen MR) is 107 cm³/mol. The van der Waals surface area contributed by atoms with Gasteiger partial charge in [0.15, 0.2) is 11.6 Å². The second kappa shape index (κ2) is 9.34. The molecule has 0 aliphatic heterocycles. The number of carbonyl (C=O) groups excluding carboxylic acids is 3. The van der Waals surface area contributed by atoms with E-state index in [0.29, 0.717) is 18.4 Å². The molecule has 2 aromatic rings. The van der Waals surface area contributed by atoms with E-state index in [-0.39, 0.29) is 29.3 Å². The number of ether oxygens (including phenoxy) is 2. The van der Waals surface area contributed by atoms with Crippen molar-refractivity contribution in [3.8, 4) is 0 Å². The van der Waals surface area contributed by atoms with Crippen LogP contribution in [0.25, 0.3) is 0 Å². The van der Waals surface area contributed by atoms with Gasteiger partial charge in [0.05, 0.1) is 24.7 Å². The second-order valence-electron chi connectivity index (χ2n) is 6.64. The van der Waals surface area contributed by atoms with Crippen LogP contribution in [-0.4, -0.2) is 31.1 Å². The van der Waals surface area contributed by atoms with E-state index in [1.165, 1.54) is 11.3 Å². The van der Waals surface area contributed by atoms with E-state index in [9.17, 15) is 23.2 Å². The molecule has 1 heterocycles. The standard InChI is InChI=1S/C21H21F2NO5S/c1-3-28-20(26)12-6-5-7-15-16(12)17(21(27)29-4-2)19(30-15)24-18(25)11-8-9-13(22)14(23)10-11/h8-10,12H,3-7H2,1-2H3,(H,24,25). The van der Waals surface area contributed by atoms with E-state index in [2.05, 4.69) is 5.32 Å². The Morgan fingerprint density at radius 1 is 1.13 bits per heavy atom. The molecule has 9 heteroatoms. The van der Waals surface area contributed by atoms with Crippen LogP contribution in [-0.2, 0) is 20.7 Å². The van der Waals surface area contributed by atoms with Gasteiger partial charge in [-0.25, -0.2) is 13.6 Å². The van der Waals surface area contributed by atoms with Gasteiger partial charge in [-0.05, 0) is 56.9 Å². The summed E-state index contributed by atoms with van der Waals surface area (Å²) < 4.78 is 37.0. The highest BCUT2D eigenvalue weighted by atomic mass is 32.1. The number of hydrogen-bond donors (Lipinski definition) is 1. The van der Waals surface area contributed by atoms with E-state index in [1.807, 2.05) is 0 Å². The third-order valence-corrected chi connectivity index (χ3v) is 5.91. The maximum absolute atomic E-state index is 13.5. The van der Waals surface area contributed by atoms with Crippen molar-refractivity contribution in [1.29, 1.82) is 0 Å². The molecule has 30 heavy (non-hydrogen) atoms. The number of carbonyl (C=O) groups is 3. The van der Waals surface area contributed by atoms with E-state index in [0.717, 1.165) is 29.5 Å². The van der Waals surface area contributed by atoms with Crippen molar-refractivity contribution < 1.29 is 32.6 Å². The predicted octanol–water partition coefficient (Wildman–Crippen LogP) is 4.44. The number of thiophene rings is 1. The van der Waals surface area contributed by atoms with Crippen molar-refractivity contribution in [3.63, 3.8) is 0 Å². The largest absolute Gasteiger partial charge is 0.466 e. The molecule has 0 saturated carbocycles. The zero-order valence-corrected chi connectivity index (χ0v) is 17.4. The van der Waals surface area contributed by atoms with E-state index in [1.54, 1.807) is 13.8 Å². The van der Waals surface area contributed by atoms with Crippen LogP contribution in [0.3, 0.4) is 0 Å². The normalized spacial score (nSPS) is 15.3. The number of benzene rings is 1. The van der Waals surface area contributed by atoms with Crippen LogP contribution in [0.4, 0.5) is 13.8 Å². The number of amides is 1. The minimum atomic E-state index is -1.15. The molecule has 0 saturated heterocycles. The Hall–Kier alpha value is -2.81. The molecule has 0 fully saturated rings. The summed E-state index contributed by atoms with van der Waals surface area (Å²) in [6, 6.07) is 2.78. The molecule has 0 radical (unpaired) electrons. The zero-order chi connectivity index (χ0) is 21.8. The lowest BCUT2D eigenvalue weighted by Gasteiger charge is -2.22. The van der Waals surface area contributed by atoms with Crippen LogP contribution >= 0.6 is 11.3 Å². The third kappa shape index (κ3) is 4.35. The highest BCUT2D eigenvalue weighted by molar-refractivity contribution is 7.17. The van der Waals surface area contributed by atoms with Gasteiger partial charge >= 0.3 is 11.9 Å². The van der Waals surface area contributed by atoms with Crippen molar-refractivity contribution in [1.82, 2.24) is 0 Å². The molecule has 6 nitrogen and oxygen atoms in total. The molecule has 1 N–H and O–H groups in total. The first-order valence-corrected chi connectivity index (χ1v) is 10.4. The number of aryl methyl sites for hydroxylation is 1. The number of rotatable bonds is 6. The van der Waals surface area contributed by atoms with Gasteiger partial charge in [0, 0.05) is 10.4 Å². The average molecular weight is 437 g/mol. The monoisotopic (exact) mass is 437 g/mol. The zero-order valence-electron chi connectivity index (χ0n) is 16.6. The maximum atomic E-state index is 13.5. The molecule has 3 rings (SSSR count). The molecule has 1 aromatic carbocycles. The van der Waals surface area contributed by atoms with Crippen molar-refractivity contribution >= 4 is 34.2 Å². The summed E-state index contributed by atoms with van der Waals surface area (Å²) in [7, 11) is 0. The van der Waals surface area contributed by atoms with Crippen LogP contribution in [0, 0.1) is 11.6 Å². The van der Waals surface area contributed by atoms with Crippen LogP contribution < -0.4 is 5.32 Å². The Morgan fingerprint density at radius 2 is 1.87 bits per heavy atom. The molecule has 1 aliphatic carbocycles. The van der Waals surface area contributed by atoms with Crippen LogP contribution in [0.1, 0.15) is 63.8 Å². The lowest BCUT2D eigenvalue weighted by atomic mass is 9.85. The van der Waals surface area contributed by atoms with Crippen LogP contribution in [0.15, 0.2) is 18.2 Å². The fourth-order valence-electron chi connectivity index (χ4n) is 3.44. The first-order valence-electron chi connectivity index (χ1n) is 9.63. The van der Waals surface area contributed by atoms with Crippen LogP contribution in [0.2, 0.25) is 0 Å². The fourth-order valence-corrected chi connectivity index (χ4v) is 4.73. The minimum Gasteiger partial charge on any atom is -0.466 e. The molecule has 1 amide bonds. The molecule has 160 valence electrons. The smallest absolute Gasteiger partial charge is 0.341 e. The van der Waals surface area contributed by atoms with Crippen molar-refractivity contribution in [2.75, 3.05) is 18.5 Å². The SMILES string of the molecule is CCOC(=O)c1c(NC(=O)c2ccc(F)c(F)c2)sc2c1C(C(=O)OCC)CCC2. The quantitative estimate of drug-likeness (QED) is 0.676. The molecular weight excluding hydrogens is 416 g/mol. The summed E-state index contributed by atoms with van der Waals surface area (Å²) in [6.07, 6.45) is 1.89. The molecule has 0 bridgehead atoms. The highest BCUT2D eigenvalue weighted by Crippen LogP contribution is 2.44. The molecule has 1 aliphatic rings. The third-order valence-electron chi connectivity index (χ3n) is 4.73. The number of halogens is 2. The van der Waals surface area contributed by atoms with E-state index < -0.39 is 35.4 Å². The Labute approximate surface area is 176 Å². The van der Waals surface area contributed by atoms with Crippen molar-refractivity contribution in [3.05, 3.63) is 51.4 Å². The van der Waals surface area contributed by atoms with E-state index in [4.69, 9.17) is 9.47 Å². The van der Waals surface area contributed by atoms with Gasteiger partial charge in [-0.1, -0.05) is 0 Å². The van der Waals surface area contributed by atoms with E-state index >= 15 is 0 Å². The van der Waals surface area contributed by atoms with Gasteiger partial charge < -0.3 is 14.8 Å². The van der Waals surface area contributed by atoms with Gasteiger partial charge in [0.25, 0.3) is 5.91 Å². The van der Waals surface area contributed by atoms with Gasteiger partial charge in [-0.3, -0.25) is 9.59 Å². The first kappa shape index (κ1) is 21.9.